The third-order valence-corrected chi connectivity index (χ3v) is 3.73. The van der Waals surface area contributed by atoms with Gasteiger partial charge in [-0.1, -0.05) is 55.8 Å². The highest BCUT2D eigenvalue weighted by Gasteiger charge is 2.24. The molecule has 0 radical (unpaired) electrons. The van der Waals surface area contributed by atoms with Gasteiger partial charge in [0.1, 0.15) is 6.04 Å². The Hall–Kier alpha value is -2.53. The van der Waals surface area contributed by atoms with Gasteiger partial charge in [0, 0.05) is 5.69 Å². The lowest BCUT2D eigenvalue weighted by Gasteiger charge is -2.22. The maximum absolute atomic E-state index is 12.5. The maximum atomic E-state index is 12.5. The van der Waals surface area contributed by atoms with Crippen LogP contribution in [0.1, 0.15) is 13.8 Å². The van der Waals surface area contributed by atoms with E-state index in [1.54, 1.807) is 36.4 Å². The Morgan fingerprint density at radius 1 is 0.917 bits per heavy atom. The molecule has 2 rings (SSSR count). The van der Waals surface area contributed by atoms with E-state index in [4.69, 9.17) is 11.6 Å². The molecule has 24 heavy (non-hydrogen) atoms. The van der Waals surface area contributed by atoms with Crippen molar-refractivity contribution in [2.75, 3.05) is 10.6 Å². The average Bonchev–Trinajstić information content (AvgIpc) is 2.55. The molecule has 0 aromatic heterocycles. The number of carbonyl (C=O) groups excluding carboxylic acids is 2. The monoisotopic (exact) mass is 345 g/mol. The van der Waals surface area contributed by atoms with Crippen molar-refractivity contribution in [3.05, 3.63) is 59.6 Å². The number of anilines is 2. The predicted octanol–water partition coefficient (Wildman–Crippen LogP) is 4.12. The lowest BCUT2D eigenvalue weighted by Crippen LogP contribution is -2.48. The fourth-order valence-corrected chi connectivity index (χ4v) is 2.32. The smallest absolute Gasteiger partial charge is 0.319 e. The first-order valence-electron chi connectivity index (χ1n) is 7.65. The molecule has 1 atom stereocenters. The van der Waals surface area contributed by atoms with E-state index in [1.165, 1.54) is 0 Å². The molecule has 2 aromatic carbocycles. The molecule has 0 aliphatic carbocycles. The minimum Gasteiger partial charge on any atom is -0.326 e. The van der Waals surface area contributed by atoms with Crippen molar-refractivity contribution in [2.24, 2.45) is 5.92 Å². The summed E-state index contributed by atoms with van der Waals surface area (Å²) in [6.07, 6.45) is 0. The van der Waals surface area contributed by atoms with Crippen LogP contribution in [0.2, 0.25) is 5.02 Å². The molecule has 0 saturated heterocycles. The van der Waals surface area contributed by atoms with Crippen LogP contribution in [-0.4, -0.2) is 18.0 Å². The summed E-state index contributed by atoms with van der Waals surface area (Å²) in [5, 5.41) is 8.59. The van der Waals surface area contributed by atoms with Gasteiger partial charge in [-0.2, -0.15) is 0 Å². The molecule has 0 heterocycles. The van der Waals surface area contributed by atoms with Gasteiger partial charge in [0.05, 0.1) is 10.7 Å². The predicted molar refractivity (Wildman–Crippen MR) is 97.3 cm³/mol. The number of rotatable bonds is 5. The van der Waals surface area contributed by atoms with E-state index in [2.05, 4.69) is 16.0 Å². The molecule has 1 unspecified atom stereocenters. The van der Waals surface area contributed by atoms with Crippen molar-refractivity contribution in [3.8, 4) is 0 Å². The first-order chi connectivity index (χ1) is 11.5. The Labute approximate surface area is 146 Å². The quantitative estimate of drug-likeness (QED) is 0.762. The van der Waals surface area contributed by atoms with Gasteiger partial charge in [-0.15, -0.1) is 0 Å². The Kier molecular flexibility index (Phi) is 6.21. The molecule has 0 bridgehead atoms. The first kappa shape index (κ1) is 17.8. The topological polar surface area (TPSA) is 70.2 Å². The largest absolute Gasteiger partial charge is 0.326 e. The van der Waals surface area contributed by atoms with Gasteiger partial charge in [-0.3, -0.25) is 4.79 Å². The fourth-order valence-electron chi connectivity index (χ4n) is 2.14. The van der Waals surface area contributed by atoms with Crippen molar-refractivity contribution in [3.63, 3.8) is 0 Å². The van der Waals surface area contributed by atoms with Crippen molar-refractivity contribution >= 4 is 34.9 Å². The highest BCUT2D eigenvalue weighted by molar-refractivity contribution is 6.33. The normalized spacial score (nSPS) is 11.7. The minimum absolute atomic E-state index is 0.0889. The summed E-state index contributed by atoms with van der Waals surface area (Å²) in [6, 6.07) is 14.9. The molecule has 0 fully saturated rings. The third-order valence-electron chi connectivity index (χ3n) is 3.40. The molecule has 0 saturated carbocycles. The lowest BCUT2D eigenvalue weighted by molar-refractivity contribution is -0.118. The van der Waals surface area contributed by atoms with Crippen LogP contribution in [0.3, 0.4) is 0 Å². The van der Waals surface area contributed by atoms with Crippen LogP contribution in [-0.2, 0) is 4.79 Å². The molecule has 0 aliphatic heterocycles. The number of carbonyl (C=O) groups is 2. The van der Waals surface area contributed by atoms with Gasteiger partial charge < -0.3 is 16.0 Å². The molecule has 5 nitrogen and oxygen atoms in total. The summed E-state index contributed by atoms with van der Waals surface area (Å²) in [7, 11) is 0. The molecular weight excluding hydrogens is 326 g/mol. The van der Waals surface area contributed by atoms with Gasteiger partial charge in [-0.05, 0) is 30.2 Å². The van der Waals surface area contributed by atoms with Gasteiger partial charge >= 0.3 is 6.03 Å². The lowest BCUT2D eigenvalue weighted by atomic mass is 10.0. The number of amides is 3. The summed E-state index contributed by atoms with van der Waals surface area (Å²) >= 11 is 6.05. The standard InChI is InChI=1S/C18H20ClN3O2/c1-12(2)16(17(23)21-15-11-7-6-10-14(15)19)22-18(24)20-13-8-4-3-5-9-13/h3-12,16H,1-2H3,(H,21,23)(H2,20,22,24). The second-order valence-corrected chi connectivity index (χ2v) is 6.06. The number of para-hydroxylation sites is 2. The van der Waals surface area contributed by atoms with Crippen LogP contribution in [0.15, 0.2) is 54.6 Å². The molecule has 0 spiro atoms. The summed E-state index contributed by atoms with van der Waals surface area (Å²) in [4.78, 5) is 24.6. The van der Waals surface area contributed by atoms with E-state index >= 15 is 0 Å². The minimum atomic E-state index is -0.690. The third kappa shape index (κ3) is 4.99. The SMILES string of the molecule is CC(C)C(NC(=O)Nc1ccccc1)C(=O)Nc1ccccc1Cl. The van der Waals surface area contributed by atoms with E-state index < -0.39 is 12.1 Å². The van der Waals surface area contributed by atoms with Crippen molar-refractivity contribution in [2.45, 2.75) is 19.9 Å². The van der Waals surface area contributed by atoms with Crippen LogP contribution in [0.5, 0.6) is 0 Å². The molecule has 6 heteroatoms. The summed E-state index contributed by atoms with van der Waals surface area (Å²) < 4.78 is 0. The van der Waals surface area contributed by atoms with Crippen LogP contribution in [0.4, 0.5) is 16.2 Å². The van der Waals surface area contributed by atoms with E-state index in [0.29, 0.717) is 16.4 Å². The van der Waals surface area contributed by atoms with Crippen LogP contribution in [0, 0.1) is 5.92 Å². The van der Waals surface area contributed by atoms with E-state index in [9.17, 15) is 9.59 Å². The second-order valence-electron chi connectivity index (χ2n) is 5.66. The average molecular weight is 346 g/mol. The summed E-state index contributed by atoms with van der Waals surface area (Å²) in [5.74, 6) is -0.407. The zero-order valence-electron chi connectivity index (χ0n) is 13.5. The second kappa shape index (κ2) is 8.36. The zero-order valence-corrected chi connectivity index (χ0v) is 14.3. The van der Waals surface area contributed by atoms with E-state index in [1.807, 2.05) is 32.0 Å². The van der Waals surface area contributed by atoms with Crippen LogP contribution < -0.4 is 16.0 Å². The highest BCUT2D eigenvalue weighted by Crippen LogP contribution is 2.21. The van der Waals surface area contributed by atoms with Crippen molar-refractivity contribution in [1.82, 2.24) is 5.32 Å². The number of nitrogens with one attached hydrogen (secondary N) is 3. The van der Waals surface area contributed by atoms with Crippen LogP contribution in [0.25, 0.3) is 0 Å². The number of halogens is 1. The number of urea groups is 1. The Morgan fingerprint density at radius 3 is 2.17 bits per heavy atom. The molecule has 0 aliphatic rings. The van der Waals surface area contributed by atoms with Gasteiger partial charge in [0.25, 0.3) is 0 Å². The van der Waals surface area contributed by atoms with Gasteiger partial charge in [-0.25, -0.2) is 4.79 Å². The molecular formula is C18H20ClN3O2. The van der Waals surface area contributed by atoms with Crippen LogP contribution >= 0.6 is 11.6 Å². The molecule has 126 valence electrons. The van der Waals surface area contributed by atoms with Crippen molar-refractivity contribution in [1.29, 1.82) is 0 Å². The number of hydrogen-bond donors (Lipinski definition) is 3. The summed E-state index contributed by atoms with van der Waals surface area (Å²) in [6.45, 7) is 3.72. The summed E-state index contributed by atoms with van der Waals surface area (Å²) in [5.41, 5.74) is 1.17. The maximum Gasteiger partial charge on any atom is 0.319 e. The Balaban J connectivity index is 2.02. The first-order valence-corrected chi connectivity index (χ1v) is 8.03. The highest BCUT2D eigenvalue weighted by atomic mass is 35.5. The molecule has 3 N–H and O–H groups in total. The number of benzene rings is 2. The zero-order chi connectivity index (χ0) is 17.5. The van der Waals surface area contributed by atoms with E-state index in [-0.39, 0.29) is 11.8 Å². The van der Waals surface area contributed by atoms with E-state index in [0.717, 1.165) is 0 Å². The van der Waals surface area contributed by atoms with Crippen molar-refractivity contribution < 1.29 is 9.59 Å². The number of hydrogen-bond acceptors (Lipinski definition) is 2. The molecule has 3 amide bonds. The Morgan fingerprint density at radius 2 is 1.54 bits per heavy atom. The Bertz CT molecular complexity index is 704. The van der Waals surface area contributed by atoms with Gasteiger partial charge in [0.15, 0.2) is 0 Å². The molecule has 2 aromatic rings. The van der Waals surface area contributed by atoms with Gasteiger partial charge in [0.2, 0.25) is 5.91 Å². The fraction of sp³-hybridized carbons (Fsp3) is 0.222.